The molecule has 0 unspecified atom stereocenters. The van der Waals surface area contributed by atoms with Crippen molar-refractivity contribution >= 4 is 32.8 Å². The van der Waals surface area contributed by atoms with Crippen LogP contribution in [0, 0.1) is 10.1 Å². The van der Waals surface area contributed by atoms with Gasteiger partial charge in [0.25, 0.3) is 5.69 Å². The van der Waals surface area contributed by atoms with Crippen molar-refractivity contribution in [3.8, 4) is 11.3 Å². The third kappa shape index (κ3) is 3.11. The van der Waals surface area contributed by atoms with Gasteiger partial charge in [0.05, 0.1) is 21.1 Å². The molecule has 0 atom stereocenters. The number of pyridine rings is 1. The van der Waals surface area contributed by atoms with E-state index in [0.717, 1.165) is 12.5 Å². The molecule has 0 saturated heterocycles. The first kappa shape index (κ1) is 15.2. The van der Waals surface area contributed by atoms with Crippen molar-refractivity contribution in [3.63, 3.8) is 0 Å². The Balaban J connectivity index is 2.66. The summed E-state index contributed by atoms with van der Waals surface area (Å²) >= 11 is 5.74. The third-order valence-corrected chi connectivity index (χ3v) is 4.05. The number of hydrogen-bond acceptors (Lipinski definition) is 6. The largest absolute Gasteiger partial charge is 0.397 e. The predicted octanol–water partition coefficient (Wildman–Crippen LogP) is 2.30. The summed E-state index contributed by atoms with van der Waals surface area (Å²) < 4.78 is 22.9. The van der Waals surface area contributed by atoms with Crippen molar-refractivity contribution in [1.82, 2.24) is 4.98 Å². The van der Waals surface area contributed by atoms with Crippen LogP contribution in [0.25, 0.3) is 11.3 Å². The Morgan fingerprint density at radius 3 is 2.52 bits per heavy atom. The monoisotopic (exact) mass is 327 g/mol. The molecular weight excluding hydrogens is 318 g/mol. The van der Waals surface area contributed by atoms with Gasteiger partial charge in [0.1, 0.15) is 5.69 Å². The van der Waals surface area contributed by atoms with Gasteiger partial charge in [-0.15, -0.1) is 0 Å². The summed E-state index contributed by atoms with van der Waals surface area (Å²) in [6, 6.07) is 5.28. The van der Waals surface area contributed by atoms with Gasteiger partial charge >= 0.3 is 0 Å². The number of nitrogens with zero attached hydrogens (tertiary/aromatic N) is 2. The van der Waals surface area contributed by atoms with Crippen LogP contribution in [0.15, 0.2) is 35.4 Å². The first-order valence-corrected chi connectivity index (χ1v) is 7.87. The van der Waals surface area contributed by atoms with Gasteiger partial charge in [-0.1, -0.05) is 11.6 Å². The predicted molar refractivity (Wildman–Crippen MR) is 78.9 cm³/mol. The molecule has 0 aliphatic rings. The number of benzene rings is 1. The highest BCUT2D eigenvalue weighted by molar-refractivity contribution is 7.90. The van der Waals surface area contributed by atoms with Gasteiger partial charge in [-0.2, -0.15) is 0 Å². The normalized spacial score (nSPS) is 11.3. The molecule has 2 N–H and O–H groups in total. The van der Waals surface area contributed by atoms with E-state index in [1.54, 1.807) is 0 Å². The minimum Gasteiger partial charge on any atom is -0.397 e. The van der Waals surface area contributed by atoms with Gasteiger partial charge in [-0.3, -0.25) is 15.1 Å². The average Bonchev–Trinajstić information content (AvgIpc) is 2.38. The van der Waals surface area contributed by atoms with E-state index in [0.29, 0.717) is 0 Å². The average molecular weight is 328 g/mol. The fourth-order valence-electron chi connectivity index (χ4n) is 1.75. The van der Waals surface area contributed by atoms with E-state index in [-0.39, 0.29) is 32.6 Å². The van der Waals surface area contributed by atoms with E-state index in [9.17, 15) is 18.5 Å². The Bertz CT molecular complexity index is 836. The number of hydrogen-bond donors (Lipinski definition) is 1. The molecule has 7 nitrogen and oxygen atoms in total. The molecule has 9 heteroatoms. The lowest BCUT2D eigenvalue weighted by molar-refractivity contribution is -0.384. The Kier molecular flexibility index (Phi) is 3.84. The lowest BCUT2D eigenvalue weighted by Gasteiger charge is -2.07. The number of nitrogens with two attached hydrogens (primary N) is 1. The van der Waals surface area contributed by atoms with Crippen molar-refractivity contribution in [2.45, 2.75) is 4.90 Å². The van der Waals surface area contributed by atoms with E-state index in [4.69, 9.17) is 17.3 Å². The summed E-state index contributed by atoms with van der Waals surface area (Å²) in [6.45, 7) is 0. The molecule has 1 heterocycles. The summed E-state index contributed by atoms with van der Waals surface area (Å²) in [5.74, 6) is 0. The summed E-state index contributed by atoms with van der Waals surface area (Å²) in [6.07, 6.45) is 2.13. The molecule has 0 amide bonds. The van der Waals surface area contributed by atoms with Crippen molar-refractivity contribution in [2.75, 3.05) is 12.0 Å². The number of nitro groups is 1. The molecule has 1 aromatic heterocycles. The van der Waals surface area contributed by atoms with Crippen LogP contribution in [0.2, 0.25) is 5.02 Å². The lowest BCUT2D eigenvalue weighted by Crippen LogP contribution is -2.03. The van der Waals surface area contributed by atoms with Crippen molar-refractivity contribution in [2.24, 2.45) is 0 Å². The second kappa shape index (κ2) is 5.30. The number of sulfone groups is 1. The molecule has 0 radical (unpaired) electrons. The maximum absolute atomic E-state index is 11.4. The van der Waals surface area contributed by atoms with Crippen LogP contribution in [-0.2, 0) is 9.84 Å². The zero-order chi connectivity index (χ0) is 15.8. The van der Waals surface area contributed by atoms with Crippen LogP contribution in [0.1, 0.15) is 0 Å². The highest BCUT2D eigenvalue weighted by Gasteiger charge is 2.20. The minimum atomic E-state index is -3.45. The SMILES string of the molecule is CS(=O)(=O)c1cnc(-c2ccc(Cl)cc2[N+](=O)[O-])c(N)c1. The highest BCUT2D eigenvalue weighted by Crippen LogP contribution is 2.34. The van der Waals surface area contributed by atoms with Gasteiger partial charge in [0, 0.05) is 23.5 Å². The first-order chi connectivity index (χ1) is 9.70. The van der Waals surface area contributed by atoms with Crippen LogP contribution in [0.3, 0.4) is 0 Å². The first-order valence-electron chi connectivity index (χ1n) is 5.60. The van der Waals surface area contributed by atoms with E-state index in [2.05, 4.69) is 4.98 Å². The molecule has 1 aromatic carbocycles. The summed E-state index contributed by atoms with van der Waals surface area (Å²) in [4.78, 5) is 14.3. The maximum atomic E-state index is 11.4. The molecule has 0 aliphatic carbocycles. The van der Waals surface area contributed by atoms with E-state index >= 15 is 0 Å². The van der Waals surface area contributed by atoms with E-state index < -0.39 is 14.8 Å². The quantitative estimate of drug-likeness (QED) is 0.683. The van der Waals surface area contributed by atoms with Crippen LogP contribution in [0.4, 0.5) is 11.4 Å². The molecular formula is C12H10ClN3O4S. The van der Waals surface area contributed by atoms with Gasteiger partial charge < -0.3 is 5.73 Å². The maximum Gasteiger partial charge on any atom is 0.280 e. The Hall–Kier alpha value is -2.19. The summed E-state index contributed by atoms with van der Waals surface area (Å²) in [5.41, 5.74) is 5.85. The van der Waals surface area contributed by atoms with Crippen LogP contribution in [0.5, 0.6) is 0 Å². The molecule has 21 heavy (non-hydrogen) atoms. The van der Waals surface area contributed by atoms with Crippen LogP contribution < -0.4 is 5.73 Å². The van der Waals surface area contributed by atoms with E-state index in [1.165, 1.54) is 24.3 Å². The zero-order valence-corrected chi connectivity index (χ0v) is 12.4. The second-order valence-corrected chi connectivity index (χ2v) is 6.75. The van der Waals surface area contributed by atoms with Crippen molar-refractivity contribution in [3.05, 3.63) is 45.6 Å². The molecule has 2 rings (SSSR count). The van der Waals surface area contributed by atoms with Crippen LogP contribution in [-0.4, -0.2) is 24.6 Å². The number of nitrogen functional groups attached to an aromatic ring is 1. The molecule has 0 saturated carbocycles. The minimum absolute atomic E-state index is 0.0309. The lowest BCUT2D eigenvalue weighted by atomic mass is 10.1. The molecule has 0 bridgehead atoms. The van der Waals surface area contributed by atoms with E-state index in [1.807, 2.05) is 0 Å². The van der Waals surface area contributed by atoms with Gasteiger partial charge in [0.15, 0.2) is 9.84 Å². The van der Waals surface area contributed by atoms with Gasteiger partial charge in [0.2, 0.25) is 0 Å². The smallest absolute Gasteiger partial charge is 0.280 e. The number of anilines is 1. The number of rotatable bonds is 3. The molecule has 0 fully saturated rings. The Morgan fingerprint density at radius 2 is 2.00 bits per heavy atom. The topological polar surface area (TPSA) is 116 Å². The molecule has 0 spiro atoms. The molecule has 110 valence electrons. The highest BCUT2D eigenvalue weighted by atomic mass is 35.5. The second-order valence-electron chi connectivity index (χ2n) is 4.30. The Labute approximate surface area is 125 Å². The third-order valence-electron chi connectivity index (χ3n) is 2.73. The fourth-order valence-corrected chi connectivity index (χ4v) is 2.50. The summed E-state index contributed by atoms with van der Waals surface area (Å²) in [7, 11) is -3.45. The molecule has 0 aliphatic heterocycles. The van der Waals surface area contributed by atoms with Crippen molar-refractivity contribution < 1.29 is 13.3 Å². The van der Waals surface area contributed by atoms with Gasteiger partial charge in [-0.25, -0.2) is 8.42 Å². The number of nitro benzene ring substituents is 1. The number of halogens is 1. The van der Waals surface area contributed by atoms with Crippen LogP contribution >= 0.6 is 11.6 Å². The number of aromatic nitrogens is 1. The van der Waals surface area contributed by atoms with Crippen molar-refractivity contribution in [1.29, 1.82) is 0 Å². The fraction of sp³-hybridized carbons (Fsp3) is 0.0833. The molecule has 2 aromatic rings. The van der Waals surface area contributed by atoms with Gasteiger partial charge in [-0.05, 0) is 18.2 Å². The summed E-state index contributed by atoms with van der Waals surface area (Å²) in [5, 5.41) is 11.3. The Morgan fingerprint density at radius 1 is 1.33 bits per heavy atom. The standard InChI is InChI=1S/C12H10ClN3O4S/c1-21(19,20)8-5-10(14)12(15-6-8)9-3-2-7(13)4-11(9)16(17)18/h2-6H,14H2,1H3. The zero-order valence-electron chi connectivity index (χ0n) is 10.8.